The molecule has 1 N–H and O–H groups in total. The summed E-state index contributed by atoms with van der Waals surface area (Å²) in [7, 11) is 0. The van der Waals surface area contributed by atoms with Gasteiger partial charge in [-0.05, 0) is 66.2 Å². The van der Waals surface area contributed by atoms with Crippen LogP contribution in [0.3, 0.4) is 0 Å². The van der Waals surface area contributed by atoms with Gasteiger partial charge in [-0.15, -0.1) is 11.3 Å². The highest BCUT2D eigenvalue weighted by molar-refractivity contribution is 7.12. The van der Waals surface area contributed by atoms with Gasteiger partial charge in [-0.1, -0.05) is 6.92 Å². The molecule has 0 amide bonds. The van der Waals surface area contributed by atoms with Crippen LogP contribution in [0, 0.1) is 0 Å². The molecule has 1 aliphatic rings. The van der Waals surface area contributed by atoms with Crippen LogP contribution in [-0.2, 0) is 19.3 Å². The third-order valence-corrected chi connectivity index (χ3v) is 5.66. The van der Waals surface area contributed by atoms with E-state index in [0.29, 0.717) is 6.04 Å². The van der Waals surface area contributed by atoms with Crippen LogP contribution in [0.25, 0.3) is 0 Å². The summed E-state index contributed by atoms with van der Waals surface area (Å²) in [6, 6.07) is 5.20. The number of nitrogens with one attached hydrogen (secondary N) is 1. The molecule has 18 heavy (non-hydrogen) atoms. The van der Waals surface area contributed by atoms with Gasteiger partial charge in [0, 0.05) is 15.8 Å². The van der Waals surface area contributed by atoms with Crippen molar-refractivity contribution >= 4 is 22.7 Å². The Kier molecular flexibility index (Phi) is 3.83. The van der Waals surface area contributed by atoms with Gasteiger partial charge in [0.2, 0.25) is 0 Å². The molecule has 0 saturated heterocycles. The van der Waals surface area contributed by atoms with Crippen molar-refractivity contribution in [2.75, 3.05) is 6.54 Å². The molecule has 3 heteroatoms. The second-order valence-electron chi connectivity index (χ2n) is 4.90. The van der Waals surface area contributed by atoms with E-state index in [0.717, 1.165) is 13.0 Å². The molecule has 0 spiro atoms. The van der Waals surface area contributed by atoms with Gasteiger partial charge >= 0.3 is 0 Å². The largest absolute Gasteiger partial charge is 0.309 e. The van der Waals surface area contributed by atoms with Gasteiger partial charge in [-0.3, -0.25) is 0 Å². The van der Waals surface area contributed by atoms with E-state index in [-0.39, 0.29) is 0 Å². The number of hydrogen-bond donors (Lipinski definition) is 1. The monoisotopic (exact) mass is 277 g/mol. The summed E-state index contributed by atoms with van der Waals surface area (Å²) in [5.41, 5.74) is 3.07. The van der Waals surface area contributed by atoms with Crippen LogP contribution in [0.5, 0.6) is 0 Å². The summed E-state index contributed by atoms with van der Waals surface area (Å²) < 4.78 is 0. The minimum atomic E-state index is 0.500. The van der Waals surface area contributed by atoms with Crippen molar-refractivity contribution in [2.24, 2.45) is 0 Å². The van der Waals surface area contributed by atoms with E-state index in [1.165, 1.54) is 29.7 Å². The minimum Gasteiger partial charge on any atom is -0.309 e. The molecule has 0 fully saturated rings. The number of likely N-dealkylation sites (N-methyl/N-ethyl adjacent to an activating group) is 1. The van der Waals surface area contributed by atoms with Crippen molar-refractivity contribution in [2.45, 2.75) is 38.6 Å². The Balaban J connectivity index is 1.79. The summed E-state index contributed by atoms with van der Waals surface area (Å²) in [5, 5.41) is 8.08. The van der Waals surface area contributed by atoms with Crippen LogP contribution >= 0.6 is 22.7 Å². The van der Waals surface area contributed by atoms with Crippen LogP contribution < -0.4 is 5.32 Å². The molecular weight excluding hydrogens is 258 g/mol. The summed E-state index contributed by atoms with van der Waals surface area (Å²) in [5.74, 6) is 0. The quantitative estimate of drug-likeness (QED) is 0.864. The van der Waals surface area contributed by atoms with Gasteiger partial charge in [0.15, 0.2) is 0 Å². The van der Waals surface area contributed by atoms with E-state index >= 15 is 0 Å². The number of hydrogen-bond acceptors (Lipinski definition) is 3. The second kappa shape index (κ2) is 5.55. The van der Waals surface area contributed by atoms with Crippen LogP contribution in [0.15, 0.2) is 22.9 Å². The van der Waals surface area contributed by atoms with Crippen LogP contribution in [0.1, 0.15) is 40.3 Å². The molecule has 0 saturated carbocycles. The summed E-state index contributed by atoms with van der Waals surface area (Å²) in [6.45, 7) is 3.24. The van der Waals surface area contributed by atoms with Crippen molar-refractivity contribution in [3.05, 3.63) is 43.8 Å². The molecule has 1 unspecified atom stereocenters. The first-order valence-corrected chi connectivity index (χ1v) is 8.48. The first-order valence-electron chi connectivity index (χ1n) is 6.72. The summed E-state index contributed by atoms with van der Waals surface area (Å²) in [4.78, 5) is 3.17. The van der Waals surface area contributed by atoms with Gasteiger partial charge in [0.05, 0.1) is 0 Å². The second-order valence-corrected chi connectivity index (χ2v) is 6.85. The van der Waals surface area contributed by atoms with E-state index in [4.69, 9.17) is 0 Å². The first kappa shape index (κ1) is 12.4. The number of aryl methyl sites for hydroxylation is 2. The zero-order chi connectivity index (χ0) is 12.4. The number of thiophene rings is 2. The lowest BCUT2D eigenvalue weighted by Gasteiger charge is -2.15. The molecule has 1 aliphatic carbocycles. The van der Waals surface area contributed by atoms with Crippen LogP contribution in [0.2, 0.25) is 0 Å². The van der Waals surface area contributed by atoms with Crippen molar-refractivity contribution in [3.63, 3.8) is 0 Å². The lowest BCUT2D eigenvalue weighted by molar-refractivity contribution is 0.558. The fraction of sp³-hybridized carbons (Fsp3) is 0.467. The first-order chi connectivity index (χ1) is 8.86. The fourth-order valence-corrected chi connectivity index (χ4v) is 4.70. The molecule has 96 valence electrons. The minimum absolute atomic E-state index is 0.500. The normalized spacial score (nSPS) is 15.8. The molecule has 1 atom stereocenters. The third kappa shape index (κ3) is 2.53. The Hall–Kier alpha value is -0.640. The average Bonchev–Trinajstić information content (AvgIpc) is 3.04. The van der Waals surface area contributed by atoms with E-state index in [2.05, 4.69) is 35.1 Å². The number of fused-ring (bicyclic) bond motifs is 1. The van der Waals surface area contributed by atoms with Gasteiger partial charge in [0.1, 0.15) is 0 Å². The zero-order valence-electron chi connectivity index (χ0n) is 10.7. The molecule has 0 radical (unpaired) electrons. The van der Waals surface area contributed by atoms with Crippen LogP contribution in [0.4, 0.5) is 0 Å². The molecule has 1 nitrogen and oxygen atoms in total. The van der Waals surface area contributed by atoms with E-state index < -0.39 is 0 Å². The maximum absolute atomic E-state index is 3.64. The van der Waals surface area contributed by atoms with Gasteiger partial charge < -0.3 is 5.32 Å². The topological polar surface area (TPSA) is 12.0 Å². The van der Waals surface area contributed by atoms with Gasteiger partial charge in [0.25, 0.3) is 0 Å². The molecule has 2 heterocycles. The lowest BCUT2D eigenvalue weighted by atomic mass is 10.1. The van der Waals surface area contributed by atoms with E-state index in [1.54, 1.807) is 21.8 Å². The van der Waals surface area contributed by atoms with E-state index in [9.17, 15) is 0 Å². The van der Waals surface area contributed by atoms with Crippen molar-refractivity contribution in [1.82, 2.24) is 5.32 Å². The highest BCUT2D eigenvalue weighted by Gasteiger charge is 2.20. The zero-order valence-corrected chi connectivity index (χ0v) is 12.4. The molecule has 0 aromatic carbocycles. The van der Waals surface area contributed by atoms with Crippen molar-refractivity contribution < 1.29 is 0 Å². The molecule has 2 aromatic rings. The SMILES string of the molecule is CCNC(Cc1ccsc1)c1cc2c(s1)CCC2. The van der Waals surface area contributed by atoms with Crippen molar-refractivity contribution in [3.8, 4) is 0 Å². The Morgan fingerprint density at radius 3 is 3.06 bits per heavy atom. The Labute approximate surface area is 117 Å². The van der Waals surface area contributed by atoms with E-state index in [1.807, 2.05) is 11.3 Å². The fourth-order valence-electron chi connectivity index (χ4n) is 2.69. The van der Waals surface area contributed by atoms with Crippen molar-refractivity contribution in [1.29, 1.82) is 0 Å². The van der Waals surface area contributed by atoms with Crippen LogP contribution in [-0.4, -0.2) is 6.54 Å². The maximum atomic E-state index is 3.64. The Morgan fingerprint density at radius 1 is 1.39 bits per heavy atom. The standard InChI is InChI=1S/C15H19NS2/c1-2-16-13(8-11-6-7-17-10-11)15-9-12-4-3-5-14(12)18-15/h6-7,9-10,13,16H,2-5,8H2,1H3. The lowest BCUT2D eigenvalue weighted by Crippen LogP contribution is -2.21. The predicted octanol–water partition coefficient (Wildman–Crippen LogP) is 4.19. The highest BCUT2D eigenvalue weighted by atomic mass is 32.1. The summed E-state index contributed by atoms with van der Waals surface area (Å²) >= 11 is 3.83. The maximum Gasteiger partial charge on any atom is 0.0456 e. The molecule has 2 aromatic heterocycles. The Bertz CT molecular complexity index is 477. The third-order valence-electron chi connectivity index (χ3n) is 3.58. The average molecular weight is 277 g/mol. The van der Waals surface area contributed by atoms with Gasteiger partial charge in [-0.2, -0.15) is 11.3 Å². The molecule has 0 bridgehead atoms. The molecular formula is C15H19NS2. The number of rotatable bonds is 5. The molecule has 3 rings (SSSR count). The highest BCUT2D eigenvalue weighted by Crippen LogP contribution is 2.35. The van der Waals surface area contributed by atoms with Gasteiger partial charge in [-0.25, -0.2) is 0 Å². The smallest absolute Gasteiger partial charge is 0.0456 e. The Morgan fingerprint density at radius 2 is 2.33 bits per heavy atom. The molecule has 0 aliphatic heterocycles. The summed E-state index contributed by atoms with van der Waals surface area (Å²) in [6.07, 6.45) is 5.08. The predicted molar refractivity (Wildman–Crippen MR) is 80.8 cm³/mol.